The minimum atomic E-state index is 0.536. The van der Waals surface area contributed by atoms with E-state index >= 15 is 0 Å². The minimum Gasteiger partial charge on any atom is -0.357 e. The van der Waals surface area contributed by atoms with Crippen molar-refractivity contribution in [2.24, 2.45) is 0 Å². The molecule has 0 bridgehead atoms. The molecular formula is C12H10BrN5. The van der Waals surface area contributed by atoms with E-state index < -0.39 is 0 Å². The van der Waals surface area contributed by atoms with E-state index in [-0.39, 0.29) is 0 Å². The van der Waals surface area contributed by atoms with Crippen molar-refractivity contribution in [1.82, 2.24) is 9.97 Å². The van der Waals surface area contributed by atoms with Gasteiger partial charge in [-0.25, -0.2) is 4.98 Å². The van der Waals surface area contributed by atoms with E-state index in [0.29, 0.717) is 17.3 Å². The third-order valence-electron chi connectivity index (χ3n) is 2.24. The van der Waals surface area contributed by atoms with Gasteiger partial charge in [0.15, 0.2) is 0 Å². The van der Waals surface area contributed by atoms with Crippen LogP contribution < -0.4 is 10.6 Å². The van der Waals surface area contributed by atoms with Gasteiger partial charge in [-0.05, 0) is 40.2 Å². The van der Waals surface area contributed by atoms with Crippen LogP contribution in [-0.4, -0.2) is 17.0 Å². The number of nitrogens with zero attached hydrogens (tertiary/aromatic N) is 3. The van der Waals surface area contributed by atoms with Gasteiger partial charge in [0.05, 0.1) is 16.1 Å². The molecule has 0 aliphatic rings. The van der Waals surface area contributed by atoms with E-state index in [9.17, 15) is 0 Å². The molecule has 0 fully saturated rings. The average Bonchev–Trinajstić information content (AvgIpc) is 2.42. The lowest BCUT2D eigenvalue weighted by Gasteiger charge is -2.08. The molecule has 0 saturated heterocycles. The molecule has 0 atom stereocenters. The molecule has 5 nitrogen and oxygen atoms in total. The molecule has 0 unspecified atom stereocenters. The Bertz CT molecular complexity index is 588. The average molecular weight is 304 g/mol. The molecule has 1 aromatic heterocycles. The van der Waals surface area contributed by atoms with E-state index in [1.54, 1.807) is 25.4 Å². The van der Waals surface area contributed by atoms with Gasteiger partial charge in [0.25, 0.3) is 0 Å². The molecule has 0 aliphatic carbocycles. The summed E-state index contributed by atoms with van der Waals surface area (Å²) >= 11 is 3.38. The third-order valence-corrected chi connectivity index (χ3v) is 2.82. The van der Waals surface area contributed by atoms with Gasteiger partial charge in [-0.1, -0.05) is 0 Å². The number of halogens is 1. The lowest BCUT2D eigenvalue weighted by molar-refractivity contribution is 1.14. The van der Waals surface area contributed by atoms with Crippen molar-refractivity contribution in [3.63, 3.8) is 0 Å². The summed E-state index contributed by atoms with van der Waals surface area (Å²) in [6, 6.07) is 9.22. The van der Waals surface area contributed by atoms with E-state index in [2.05, 4.69) is 42.6 Å². The SMILES string of the molecule is CNc1ncc(Br)c(Nc2ccc(C#N)cc2)n1. The molecule has 0 radical (unpaired) electrons. The van der Waals surface area contributed by atoms with Crippen LogP contribution in [0.25, 0.3) is 0 Å². The first-order valence-electron chi connectivity index (χ1n) is 5.20. The first-order valence-corrected chi connectivity index (χ1v) is 5.99. The molecule has 90 valence electrons. The zero-order valence-electron chi connectivity index (χ0n) is 9.61. The van der Waals surface area contributed by atoms with Crippen LogP contribution in [0.2, 0.25) is 0 Å². The van der Waals surface area contributed by atoms with Gasteiger partial charge < -0.3 is 10.6 Å². The van der Waals surface area contributed by atoms with Gasteiger partial charge >= 0.3 is 0 Å². The van der Waals surface area contributed by atoms with E-state index in [1.165, 1.54) is 0 Å². The van der Waals surface area contributed by atoms with Crippen molar-refractivity contribution in [2.75, 3.05) is 17.7 Å². The maximum atomic E-state index is 8.72. The van der Waals surface area contributed by atoms with Crippen LogP contribution in [0.3, 0.4) is 0 Å². The fourth-order valence-electron chi connectivity index (χ4n) is 1.34. The Morgan fingerprint density at radius 2 is 2.00 bits per heavy atom. The quantitative estimate of drug-likeness (QED) is 0.912. The van der Waals surface area contributed by atoms with E-state index in [4.69, 9.17) is 5.26 Å². The van der Waals surface area contributed by atoms with Crippen molar-refractivity contribution >= 4 is 33.4 Å². The topological polar surface area (TPSA) is 73.6 Å². The predicted octanol–water partition coefficient (Wildman–Crippen LogP) is 2.90. The van der Waals surface area contributed by atoms with Crippen LogP contribution >= 0.6 is 15.9 Å². The van der Waals surface area contributed by atoms with Gasteiger partial charge in [-0.2, -0.15) is 10.2 Å². The monoisotopic (exact) mass is 303 g/mol. The van der Waals surface area contributed by atoms with Gasteiger partial charge in [-0.15, -0.1) is 0 Å². The number of hydrogen-bond acceptors (Lipinski definition) is 5. The predicted molar refractivity (Wildman–Crippen MR) is 73.7 cm³/mol. The highest BCUT2D eigenvalue weighted by atomic mass is 79.9. The van der Waals surface area contributed by atoms with Crippen LogP contribution in [-0.2, 0) is 0 Å². The number of rotatable bonds is 3. The first-order chi connectivity index (χ1) is 8.72. The Balaban J connectivity index is 2.25. The highest BCUT2D eigenvalue weighted by Gasteiger charge is 2.04. The number of hydrogen-bond donors (Lipinski definition) is 2. The maximum absolute atomic E-state index is 8.72. The van der Waals surface area contributed by atoms with Crippen molar-refractivity contribution in [3.05, 3.63) is 40.5 Å². The summed E-state index contributed by atoms with van der Waals surface area (Å²) in [6.07, 6.45) is 1.67. The first kappa shape index (κ1) is 12.3. The Morgan fingerprint density at radius 3 is 2.61 bits per heavy atom. The Hall–Kier alpha value is -2.13. The molecule has 0 saturated carbocycles. The van der Waals surface area contributed by atoms with Crippen LogP contribution in [0.15, 0.2) is 34.9 Å². The summed E-state index contributed by atoms with van der Waals surface area (Å²) in [5.74, 6) is 1.20. The largest absolute Gasteiger partial charge is 0.357 e. The van der Waals surface area contributed by atoms with Crippen molar-refractivity contribution in [1.29, 1.82) is 5.26 Å². The Morgan fingerprint density at radius 1 is 1.28 bits per heavy atom. The number of aromatic nitrogens is 2. The Kier molecular flexibility index (Phi) is 3.75. The van der Waals surface area contributed by atoms with Crippen molar-refractivity contribution in [2.45, 2.75) is 0 Å². The smallest absolute Gasteiger partial charge is 0.224 e. The number of nitrogens with one attached hydrogen (secondary N) is 2. The van der Waals surface area contributed by atoms with Gasteiger partial charge in [-0.3, -0.25) is 0 Å². The zero-order chi connectivity index (χ0) is 13.0. The van der Waals surface area contributed by atoms with Crippen LogP contribution in [0.1, 0.15) is 5.56 Å². The fraction of sp³-hybridized carbons (Fsp3) is 0.0833. The summed E-state index contributed by atoms with van der Waals surface area (Å²) in [5.41, 5.74) is 1.48. The van der Waals surface area contributed by atoms with E-state index in [1.807, 2.05) is 12.1 Å². The molecule has 2 N–H and O–H groups in total. The van der Waals surface area contributed by atoms with E-state index in [0.717, 1.165) is 10.2 Å². The Labute approximate surface area is 113 Å². The normalized spacial score (nSPS) is 9.61. The number of benzene rings is 1. The highest BCUT2D eigenvalue weighted by Crippen LogP contribution is 2.24. The maximum Gasteiger partial charge on any atom is 0.224 e. The van der Waals surface area contributed by atoms with Crippen LogP contribution in [0.5, 0.6) is 0 Å². The van der Waals surface area contributed by atoms with Crippen molar-refractivity contribution in [3.8, 4) is 6.07 Å². The molecule has 1 heterocycles. The third kappa shape index (κ3) is 2.76. The highest BCUT2D eigenvalue weighted by molar-refractivity contribution is 9.10. The second-order valence-corrected chi connectivity index (χ2v) is 4.31. The molecule has 2 rings (SSSR count). The minimum absolute atomic E-state index is 0.536. The van der Waals surface area contributed by atoms with Gasteiger partial charge in [0, 0.05) is 18.9 Å². The second-order valence-electron chi connectivity index (χ2n) is 3.45. The molecule has 6 heteroatoms. The molecular weight excluding hydrogens is 294 g/mol. The lowest BCUT2D eigenvalue weighted by atomic mass is 10.2. The molecule has 18 heavy (non-hydrogen) atoms. The van der Waals surface area contributed by atoms with Crippen LogP contribution in [0.4, 0.5) is 17.5 Å². The standard InChI is InChI=1S/C12H10BrN5/c1-15-12-16-7-10(13)11(18-12)17-9-4-2-8(6-14)3-5-9/h2-5,7H,1H3,(H2,15,16,17,18). The molecule has 0 aliphatic heterocycles. The molecule has 2 aromatic rings. The van der Waals surface area contributed by atoms with Gasteiger partial charge in [0.2, 0.25) is 5.95 Å². The fourth-order valence-corrected chi connectivity index (χ4v) is 1.63. The van der Waals surface area contributed by atoms with Crippen molar-refractivity contribution < 1.29 is 0 Å². The number of nitriles is 1. The molecule has 1 aromatic carbocycles. The lowest BCUT2D eigenvalue weighted by Crippen LogP contribution is -2.01. The summed E-state index contributed by atoms with van der Waals surface area (Å²) in [6.45, 7) is 0. The zero-order valence-corrected chi connectivity index (χ0v) is 11.2. The molecule has 0 amide bonds. The number of anilines is 3. The van der Waals surface area contributed by atoms with Crippen LogP contribution in [0, 0.1) is 11.3 Å². The van der Waals surface area contributed by atoms with Gasteiger partial charge in [0.1, 0.15) is 5.82 Å². The second kappa shape index (κ2) is 5.47. The summed E-state index contributed by atoms with van der Waals surface area (Å²) in [5, 5.41) is 14.7. The summed E-state index contributed by atoms with van der Waals surface area (Å²) in [7, 11) is 1.76. The summed E-state index contributed by atoms with van der Waals surface area (Å²) < 4.78 is 0.769. The summed E-state index contributed by atoms with van der Waals surface area (Å²) in [4.78, 5) is 8.36. The molecule has 0 spiro atoms.